The Kier molecular flexibility index (Phi) is 6.75. The first-order chi connectivity index (χ1) is 9.00. The lowest BCUT2D eigenvalue weighted by Crippen LogP contribution is -2.16. The predicted molar refractivity (Wildman–Crippen MR) is 77.9 cm³/mol. The van der Waals surface area contributed by atoms with Gasteiger partial charge in [-0.25, -0.2) is 0 Å². The zero-order valence-electron chi connectivity index (χ0n) is 12.2. The Bertz CT molecular complexity index is 358. The first kappa shape index (κ1) is 15.9. The third kappa shape index (κ3) is 5.99. The van der Waals surface area contributed by atoms with Crippen LogP contribution in [-0.4, -0.2) is 18.6 Å². The Balaban J connectivity index is 2.66. The second kappa shape index (κ2) is 8.08. The maximum Gasteiger partial charge on any atom is 0.370 e. The van der Waals surface area contributed by atoms with Crippen molar-refractivity contribution in [2.45, 2.75) is 52.8 Å². The molecule has 0 aliphatic carbocycles. The highest BCUT2D eigenvalue weighted by molar-refractivity contribution is 6.28. The molecule has 0 bridgehead atoms. The molecule has 0 aromatic heterocycles. The molecule has 1 aliphatic rings. The lowest BCUT2D eigenvalue weighted by Gasteiger charge is -2.24. The first-order valence-electron chi connectivity index (χ1n) is 7.10. The van der Waals surface area contributed by atoms with Gasteiger partial charge in [-0.15, -0.1) is 0 Å². The van der Waals surface area contributed by atoms with E-state index >= 15 is 0 Å². The molecule has 0 aromatic carbocycles. The maximum atomic E-state index is 10.7. The van der Waals surface area contributed by atoms with Crippen molar-refractivity contribution in [2.75, 3.05) is 0 Å². The molecule has 0 aromatic rings. The van der Waals surface area contributed by atoms with Gasteiger partial charge in [-0.1, -0.05) is 32.9 Å². The van der Waals surface area contributed by atoms with Gasteiger partial charge in [0.2, 0.25) is 0 Å². The largest absolute Gasteiger partial charge is 0.566 e. The summed E-state index contributed by atoms with van der Waals surface area (Å²) >= 11 is 0. The number of hydrogen-bond acceptors (Lipinski definition) is 2. The number of hydrogen-bond donors (Lipinski definition) is 1. The average molecular weight is 263 g/mol. The molecule has 1 radical (unpaired) electrons. The van der Waals surface area contributed by atoms with Crippen molar-refractivity contribution in [3.8, 4) is 0 Å². The van der Waals surface area contributed by atoms with Crippen LogP contribution in [0.5, 0.6) is 0 Å². The monoisotopic (exact) mass is 263 g/mol. The van der Waals surface area contributed by atoms with Crippen LogP contribution >= 0.6 is 0 Å². The van der Waals surface area contributed by atoms with Crippen molar-refractivity contribution >= 4 is 13.5 Å². The second-order valence-corrected chi connectivity index (χ2v) is 5.57. The lowest BCUT2D eigenvalue weighted by atomic mass is 9.77. The Labute approximate surface area is 117 Å². The highest BCUT2D eigenvalue weighted by atomic mass is 16.4. The van der Waals surface area contributed by atoms with Crippen molar-refractivity contribution in [3.05, 3.63) is 23.5 Å². The Morgan fingerprint density at radius 1 is 1.58 bits per heavy atom. The van der Waals surface area contributed by atoms with Gasteiger partial charge >= 0.3 is 13.5 Å². The Morgan fingerprint density at radius 2 is 2.32 bits per heavy atom. The van der Waals surface area contributed by atoms with Crippen molar-refractivity contribution in [3.63, 3.8) is 0 Å². The van der Waals surface area contributed by atoms with Crippen LogP contribution in [0.15, 0.2) is 23.5 Å². The average Bonchev–Trinajstić information content (AvgIpc) is 2.33. The van der Waals surface area contributed by atoms with Crippen LogP contribution < -0.4 is 0 Å². The fraction of sp³-hybridized carbons (Fsp3) is 0.667. The predicted octanol–water partition coefficient (Wildman–Crippen LogP) is 3.80. The van der Waals surface area contributed by atoms with E-state index in [9.17, 15) is 4.79 Å². The van der Waals surface area contributed by atoms with Crippen molar-refractivity contribution < 1.29 is 14.6 Å². The fourth-order valence-electron chi connectivity index (χ4n) is 2.08. The molecule has 0 amide bonds. The third-order valence-corrected chi connectivity index (χ3v) is 3.30. The van der Waals surface area contributed by atoms with Gasteiger partial charge in [0.1, 0.15) is 0 Å². The van der Waals surface area contributed by atoms with E-state index in [0.29, 0.717) is 18.3 Å². The van der Waals surface area contributed by atoms with Gasteiger partial charge in [0.05, 0.1) is 12.2 Å². The third-order valence-electron chi connectivity index (χ3n) is 3.30. The van der Waals surface area contributed by atoms with E-state index in [1.54, 1.807) is 7.48 Å². The molecule has 0 fully saturated rings. The second-order valence-electron chi connectivity index (χ2n) is 5.57. The number of allylic oxidation sites excluding steroid dienone is 4. The summed E-state index contributed by atoms with van der Waals surface area (Å²) < 4.78 is 5.53. The van der Waals surface area contributed by atoms with Crippen LogP contribution in [-0.2, 0) is 9.45 Å². The molecule has 1 atom stereocenters. The van der Waals surface area contributed by atoms with Crippen LogP contribution in [0, 0.1) is 11.8 Å². The molecular formula is C15H24BO3. The molecule has 1 rings (SSSR count). The van der Waals surface area contributed by atoms with Crippen LogP contribution in [0.1, 0.15) is 46.5 Å². The van der Waals surface area contributed by atoms with E-state index in [-0.39, 0.29) is 6.42 Å². The molecule has 3 nitrogen and oxygen atoms in total. The minimum Gasteiger partial charge on any atom is -0.566 e. The summed E-state index contributed by atoms with van der Waals surface area (Å²) in [6.07, 6.45) is 8.03. The van der Waals surface area contributed by atoms with Crippen molar-refractivity contribution in [1.82, 2.24) is 0 Å². The Morgan fingerprint density at radius 3 is 2.95 bits per heavy atom. The lowest BCUT2D eigenvalue weighted by molar-refractivity contribution is -0.137. The number of carbonyl (C=O) groups is 1. The molecule has 1 aliphatic heterocycles. The summed E-state index contributed by atoms with van der Waals surface area (Å²) in [4.78, 5) is 10.7. The van der Waals surface area contributed by atoms with E-state index in [0.717, 1.165) is 24.1 Å². The van der Waals surface area contributed by atoms with Gasteiger partial charge < -0.3 is 9.76 Å². The van der Waals surface area contributed by atoms with E-state index in [1.807, 2.05) is 0 Å². The summed E-state index contributed by atoms with van der Waals surface area (Å²) in [5.41, 5.74) is 1.16. The van der Waals surface area contributed by atoms with Crippen LogP contribution in [0.25, 0.3) is 0 Å². The van der Waals surface area contributed by atoms with E-state index in [2.05, 4.69) is 32.9 Å². The van der Waals surface area contributed by atoms with E-state index in [4.69, 9.17) is 9.76 Å². The summed E-state index contributed by atoms with van der Waals surface area (Å²) in [5, 5.41) is 8.77. The maximum absolute atomic E-state index is 10.7. The topological polar surface area (TPSA) is 46.5 Å². The summed E-state index contributed by atoms with van der Waals surface area (Å²) in [7, 11) is 1.79. The van der Waals surface area contributed by atoms with Crippen LogP contribution in [0.2, 0.25) is 6.32 Å². The molecule has 105 valence electrons. The highest BCUT2D eigenvalue weighted by Crippen LogP contribution is 2.28. The zero-order valence-corrected chi connectivity index (χ0v) is 12.2. The smallest absolute Gasteiger partial charge is 0.370 e. The first-order valence-corrected chi connectivity index (χ1v) is 7.10. The number of rotatable bonds is 7. The minimum absolute atomic E-state index is 0.124. The molecular weight excluding hydrogens is 239 g/mol. The van der Waals surface area contributed by atoms with Crippen molar-refractivity contribution in [2.24, 2.45) is 11.8 Å². The number of aliphatic carboxylic acids is 1. The molecule has 0 spiro atoms. The van der Waals surface area contributed by atoms with Gasteiger partial charge in [0.15, 0.2) is 0 Å². The number of carboxylic acids is 1. The summed E-state index contributed by atoms with van der Waals surface area (Å²) in [5.74, 6) is 1.16. The Hall–Kier alpha value is -1.19. The normalized spacial score (nSPS) is 19.7. The van der Waals surface area contributed by atoms with E-state index in [1.165, 1.54) is 6.42 Å². The summed E-state index contributed by atoms with van der Waals surface area (Å²) in [6.45, 7) is 6.58. The van der Waals surface area contributed by atoms with Gasteiger partial charge in [0, 0.05) is 6.42 Å². The summed E-state index contributed by atoms with van der Waals surface area (Å²) in [6, 6.07) is 0. The molecule has 1 heterocycles. The van der Waals surface area contributed by atoms with Crippen molar-refractivity contribution in [1.29, 1.82) is 0 Å². The molecule has 0 saturated carbocycles. The minimum atomic E-state index is -0.780. The molecule has 4 heteroatoms. The van der Waals surface area contributed by atoms with Gasteiger partial charge in [-0.2, -0.15) is 0 Å². The highest BCUT2D eigenvalue weighted by Gasteiger charge is 2.20. The zero-order chi connectivity index (χ0) is 14.3. The van der Waals surface area contributed by atoms with E-state index < -0.39 is 5.97 Å². The fourth-order valence-corrected chi connectivity index (χ4v) is 2.08. The van der Waals surface area contributed by atoms with Gasteiger partial charge in [-0.05, 0) is 36.6 Å². The van der Waals surface area contributed by atoms with Crippen LogP contribution in [0.3, 0.4) is 0 Å². The molecule has 19 heavy (non-hydrogen) atoms. The number of carboxylic acid groups (broad SMARTS) is 1. The molecule has 0 saturated heterocycles. The SMILES string of the molecule is CC(C)CC/C=C\C1=C(CCC(=O)O)O[B]C[C@@H]1C. The standard InChI is InChI=1S/C15H24BO3/c1-11(2)6-4-5-7-13-12(3)10-16-19-14(13)8-9-15(17)18/h5,7,11-12H,4,6,8-10H2,1-3H3,(H,17,18)/b7-5-/t12-/m0/s1. The van der Waals surface area contributed by atoms with Gasteiger partial charge in [-0.3, -0.25) is 4.79 Å². The molecule has 0 unspecified atom stereocenters. The molecule has 1 N–H and O–H groups in total. The van der Waals surface area contributed by atoms with Gasteiger partial charge in [0.25, 0.3) is 0 Å². The van der Waals surface area contributed by atoms with Crippen LogP contribution in [0.4, 0.5) is 0 Å². The quantitative estimate of drug-likeness (QED) is 0.710.